The van der Waals surface area contributed by atoms with Crippen molar-refractivity contribution in [1.82, 2.24) is 24.6 Å². The van der Waals surface area contributed by atoms with Gasteiger partial charge in [-0.15, -0.1) is 0 Å². The number of methoxy groups -OCH3 is 1. The molecular weight excluding hydrogens is 518 g/mol. The third kappa shape index (κ3) is 5.02. The molecule has 2 bridgehead atoms. The molecule has 3 aliphatic rings. The van der Waals surface area contributed by atoms with E-state index in [9.17, 15) is 9.59 Å². The lowest BCUT2D eigenvalue weighted by Crippen LogP contribution is -2.46. The zero-order valence-electron chi connectivity index (χ0n) is 22.4. The number of aromatic nitrogens is 4. The largest absolute Gasteiger partial charge is 0.453 e. The molecule has 5 heterocycles. The zero-order valence-corrected chi connectivity index (χ0v) is 22.4. The Hall–Kier alpha value is -3.97. The van der Waals surface area contributed by atoms with Crippen LogP contribution < -0.4 is 10.2 Å². The topological polar surface area (TPSA) is 144 Å². The number of likely N-dealkylation sites (tertiary alicyclic amines) is 1. The fraction of sp³-hybridized carbons (Fsp3) is 0.519. The minimum atomic E-state index is -0.633. The summed E-state index contributed by atoms with van der Waals surface area (Å²) in [6.07, 6.45) is 4.52. The van der Waals surface area contributed by atoms with E-state index in [1.165, 1.54) is 7.11 Å². The van der Waals surface area contributed by atoms with Gasteiger partial charge in [-0.05, 0) is 49.9 Å². The number of morpholine rings is 1. The molecule has 40 heavy (non-hydrogen) atoms. The Balaban J connectivity index is 1.34. The van der Waals surface area contributed by atoms with Crippen molar-refractivity contribution in [2.24, 2.45) is 0 Å². The van der Waals surface area contributed by atoms with Gasteiger partial charge < -0.3 is 29.1 Å². The smallest absolute Gasteiger partial charge is 0.411 e. The van der Waals surface area contributed by atoms with Crippen molar-refractivity contribution >= 4 is 34.7 Å². The molecule has 13 heteroatoms. The predicted molar refractivity (Wildman–Crippen MR) is 145 cm³/mol. The first kappa shape index (κ1) is 26.3. The minimum absolute atomic E-state index is 0.0700. The molecule has 0 radical (unpaired) electrons. The lowest BCUT2D eigenvalue weighted by molar-refractivity contribution is 0.0904. The van der Waals surface area contributed by atoms with Crippen LogP contribution in [0.25, 0.3) is 22.4 Å². The number of amides is 2. The van der Waals surface area contributed by atoms with Crippen LogP contribution in [-0.2, 0) is 14.2 Å². The van der Waals surface area contributed by atoms with Gasteiger partial charge in [-0.1, -0.05) is 0 Å². The van der Waals surface area contributed by atoms with Crippen LogP contribution in [0.4, 0.5) is 21.1 Å². The Morgan fingerprint density at radius 2 is 1.77 bits per heavy atom. The summed E-state index contributed by atoms with van der Waals surface area (Å²) in [5.41, 5.74) is 2.12. The summed E-state index contributed by atoms with van der Waals surface area (Å²) in [4.78, 5) is 38.0. The van der Waals surface area contributed by atoms with Crippen molar-refractivity contribution in [2.45, 2.75) is 43.8 Å². The third-order valence-electron chi connectivity index (χ3n) is 7.88. The number of aliphatic hydroxyl groups excluding tert-OH is 1. The molecule has 13 nitrogen and oxygen atoms in total. The molecular formula is C27H33N7O6. The lowest BCUT2D eigenvalue weighted by atomic mass is 10.1. The summed E-state index contributed by atoms with van der Waals surface area (Å²) < 4.78 is 17.6. The van der Waals surface area contributed by atoms with E-state index in [0.29, 0.717) is 37.8 Å². The number of anilines is 2. The Morgan fingerprint density at radius 3 is 2.45 bits per heavy atom. The summed E-state index contributed by atoms with van der Waals surface area (Å²) in [6.45, 7) is 2.22. The van der Waals surface area contributed by atoms with E-state index in [-0.39, 0.29) is 37.4 Å². The number of piperidine rings is 1. The number of carbonyl (C=O) groups is 2. The number of nitrogens with one attached hydrogen (secondary N) is 1. The van der Waals surface area contributed by atoms with E-state index in [4.69, 9.17) is 34.4 Å². The van der Waals surface area contributed by atoms with Gasteiger partial charge >= 0.3 is 12.2 Å². The molecule has 2 aromatic heterocycles. The number of nitrogens with zero attached hydrogens (tertiary/aromatic N) is 6. The molecule has 3 aromatic rings. The van der Waals surface area contributed by atoms with Crippen molar-refractivity contribution in [3.8, 4) is 11.4 Å². The summed E-state index contributed by atoms with van der Waals surface area (Å²) in [6, 6.07) is 7.85. The number of hydrogen-bond donors (Lipinski definition) is 2. The predicted octanol–water partition coefficient (Wildman–Crippen LogP) is 2.81. The fourth-order valence-electron chi connectivity index (χ4n) is 5.90. The first-order valence-electron chi connectivity index (χ1n) is 13.6. The van der Waals surface area contributed by atoms with E-state index >= 15 is 0 Å². The van der Waals surface area contributed by atoms with E-state index in [1.54, 1.807) is 17.0 Å². The standard InChI is InChI=1S/C27H33N7O6/c1-38-27(37)32-10-8-19(9-11-32)34-25-22(14-28-34)24(33-20-6-7-21(33)16-39-15-20)30-23(31-25)17-2-4-18(5-3-17)29-26(36)40-13-12-35/h2-5,14,19-21,35H,6-13,15-16H2,1H3,(H,29,36). The van der Waals surface area contributed by atoms with Crippen LogP contribution in [0.5, 0.6) is 0 Å². The van der Waals surface area contributed by atoms with Gasteiger partial charge in [0.2, 0.25) is 0 Å². The van der Waals surface area contributed by atoms with Gasteiger partial charge in [0.05, 0.1) is 56.6 Å². The molecule has 0 spiro atoms. The van der Waals surface area contributed by atoms with Gasteiger partial charge in [0, 0.05) is 24.3 Å². The maximum atomic E-state index is 12.0. The number of benzene rings is 1. The number of aliphatic hydroxyl groups is 1. The van der Waals surface area contributed by atoms with E-state index in [0.717, 1.165) is 48.1 Å². The molecule has 1 aromatic carbocycles. The second kappa shape index (κ2) is 11.3. The van der Waals surface area contributed by atoms with E-state index < -0.39 is 6.09 Å². The Morgan fingerprint density at radius 1 is 1.05 bits per heavy atom. The molecule has 2 N–H and O–H groups in total. The number of hydrogen-bond acceptors (Lipinski definition) is 10. The maximum absolute atomic E-state index is 12.0. The Kier molecular flexibility index (Phi) is 7.39. The van der Waals surface area contributed by atoms with Crippen molar-refractivity contribution in [3.05, 3.63) is 30.5 Å². The normalized spacial score (nSPS) is 21.1. The Bertz CT molecular complexity index is 1360. The zero-order chi connectivity index (χ0) is 27.6. The van der Waals surface area contributed by atoms with Crippen LogP contribution in [0, 0.1) is 0 Å². The lowest BCUT2D eigenvalue weighted by Gasteiger charge is -2.36. The van der Waals surface area contributed by atoms with Gasteiger partial charge in [0.1, 0.15) is 12.4 Å². The van der Waals surface area contributed by atoms with Crippen LogP contribution in [0.2, 0.25) is 0 Å². The van der Waals surface area contributed by atoms with Gasteiger partial charge in [-0.2, -0.15) is 5.10 Å². The molecule has 6 rings (SSSR count). The quantitative estimate of drug-likeness (QED) is 0.469. The van der Waals surface area contributed by atoms with Gasteiger partial charge in [0.25, 0.3) is 0 Å². The highest BCUT2D eigenvalue weighted by Crippen LogP contribution is 2.38. The van der Waals surface area contributed by atoms with Crippen molar-refractivity contribution < 1.29 is 28.9 Å². The average Bonchev–Trinajstić information content (AvgIpc) is 3.52. The van der Waals surface area contributed by atoms with Crippen LogP contribution in [-0.4, -0.2) is 101 Å². The second-order valence-corrected chi connectivity index (χ2v) is 10.3. The number of fused-ring (bicyclic) bond motifs is 3. The monoisotopic (exact) mass is 551 g/mol. The summed E-state index contributed by atoms with van der Waals surface area (Å²) in [7, 11) is 1.40. The molecule has 3 saturated heterocycles. The third-order valence-corrected chi connectivity index (χ3v) is 7.88. The first-order valence-corrected chi connectivity index (χ1v) is 13.6. The van der Waals surface area contributed by atoms with Gasteiger partial charge in [-0.25, -0.2) is 24.2 Å². The highest BCUT2D eigenvalue weighted by atomic mass is 16.6. The molecule has 212 valence electrons. The molecule has 2 unspecified atom stereocenters. The molecule has 3 fully saturated rings. The van der Waals surface area contributed by atoms with Crippen LogP contribution in [0.1, 0.15) is 31.7 Å². The second-order valence-electron chi connectivity index (χ2n) is 10.3. The van der Waals surface area contributed by atoms with Gasteiger partial charge in [-0.3, -0.25) is 5.32 Å². The van der Waals surface area contributed by atoms with Crippen LogP contribution >= 0.6 is 0 Å². The minimum Gasteiger partial charge on any atom is -0.453 e. The van der Waals surface area contributed by atoms with E-state index in [2.05, 4.69) is 10.2 Å². The van der Waals surface area contributed by atoms with Crippen LogP contribution in [0.15, 0.2) is 30.5 Å². The highest BCUT2D eigenvalue weighted by Gasteiger charge is 2.40. The van der Waals surface area contributed by atoms with Crippen molar-refractivity contribution in [2.75, 3.05) is 56.8 Å². The average molecular weight is 552 g/mol. The summed E-state index contributed by atoms with van der Waals surface area (Å²) in [5.74, 6) is 1.43. The summed E-state index contributed by atoms with van der Waals surface area (Å²) in [5, 5.41) is 17.2. The number of carbonyl (C=O) groups excluding carboxylic acids is 2. The molecule has 2 atom stereocenters. The molecule has 2 amide bonds. The maximum Gasteiger partial charge on any atom is 0.411 e. The molecule has 0 aliphatic carbocycles. The molecule has 3 aliphatic heterocycles. The highest BCUT2D eigenvalue weighted by molar-refractivity contribution is 5.90. The SMILES string of the molecule is COC(=O)N1CCC(n2ncc3c(N4C5CCC4COC5)nc(-c4ccc(NC(=O)OCCO)cc4)nc32)CC1. The first-order chi connectivity index (χ1) is 19.6. The van der Waals surface area contributed by atoms with Gasteiger partial charge in [0.15, 0.2) is 11.5 Å². The Labute approximate surface area is 231 Å². The van der Waals surface area contributed by atoms with E-state index in [1.807, 2.05) is 23.0 Å². The summed E-state index contributed by atoms with van der Waals surface area (Å²) >= 11 is 0. The number of ether oxygens (including phenoxy) is 3. The van der Waals surface area contributed by atoms with Crippen molar-refractivity contribution in [3.63, 3.8) is 0 Å². The van der Waals surface area contributed by atoms with Crippen LogP contribution in [0.3, 0.4) is 0 Å². The number of rotatable bonds is 6. The fourth-order valence-corrected chi connectivity index (χ4v) is 5.90. The molecule has 0 saturated carbocycles. The van der Waals surface area contributed by atoms with Crippen molar-refractivity contribution in [1.29, 1.82) is 0 Å².